The van der Waals surface area contributed by atoms with Crippen molar-refractivity contribution in [1.29, 1.82) is 0 Å². The van der Waals surface area contributed by atoms with Crippen molar-refractivity contribution in [3.05, 3.63) is 62.6 Å². The third kappa shape index (κ3) is 3.54. The summed E-state index contributed by atoms with van der Waals surface area (Å²) in [4.78, 5) is 0. The molecule has 0 amide bonds. The Morgan fingerprint density at radius 3 is 2.70 bits per heavy atom. The molecule has 1 atom stereocenters. The standard InChI is InChI=1S/C16H17BrClNO/c1-10-6-16(20-2)13(9-14(10)17)15(19)8-11-4-3-5-12(18)7-11/h3-7,9,15H,8,19H2,1-2H3. The number of ether oxygens (including phenoxy) is 1. The van der Waals surface area contributed by atoms with E-state index in [2.05, 4.69) is 15.9 Å². The van der Waals surface area contributed by atoms with E-state index in [9.17, 15) is 0 Å². The van der Waals surface area contributed by atoms with E-state index in [1.54, 1.807) is 7.11 Å². The number of benzene rings is 2. The highest BCUT2D eigenvalue weighted by Gasteiger charge is 2.14. The molecule has 2 nitrogen and oxygen atoms in total. The van der Waals surface area contributed by atoms with Crippen molar-refractivity contribution in [2.24, 2.45) is 5.73 Å². The second-order valence-electron chi connectivity index (χ2n) is 4.78. The Balaban J connectivity index is 2.29. The molecule has 2 aromatic rings. The Hall–Kier alpha value is -1.03. The molecule has 2 rings (SSSR count). The molecule has 0 saturated heterocycles. The maximum absolute atomic E-state index is 6.33. The first-order valence-corrected chi connectivity index (χ1v) is 7.52. The second kappa shape index (κ2) is 6.61. The molecule has 1 unspecified atom stereocenters. The topological polar surface area (TPSA) is 35.2 Å². The van der Waals surface area contributed by atoms with E-state index >= 15 is 0 Å². The van der Waals surface area contributed by atoms with E-state index < -0.39 is 0 Å². The first-order chi connectivity index (χ1) is 9.51. The van der Waals surface area contributed by atoms with E-state index in [0.717, 1.165) is 31.9 Å². The molecule has 2 aromatic carbocycles. The van der Waals surface area contributed by atoms with Gasteiger partial charge in [0.2, 0.25) is 0 Å². The van der Waals surface area contributed by atoms with Gasteiger partial charge in [-0.05, 0) is 48.7 Å². The average Bonchev–Trinajstić information content (AvgIpc) is 2.41. The molecule has 0 aromatic heterocycles. The molecular formula is C16H17BrClNO. The highest BCUT2D eigenvalue weighted by atomic mass is 79.9. The smallest absolute Gasteiger partial charge is 0.123 e. The Morgan fingerprint density at radius 1 is 1.30 bits per heavy atom. The Labute approximate surface area is 133 Å². The maximum Gasteiger partial charge on any atom is 0.123 e. The Kier molecular flexibility index (Phi) is 5.08. The van der Waals surface area contributed by atoms with Crippen LogP contribution in [-0.2, 0) is 6.42 Å². The van der Waals surface area contributed by atoms with Crippen molar-refractivity contribution in [3.8, 4) is 5.75 Å². The summed E-state index contributed by atoms with van der Waals surface area (Å²) in [5, 5.41) is 0.728. The molecule has 0 aliphatic heterocycles. The molecule has 20 heavy (non-hydrogen) atoms. The van der Waals surface area contributed by atoms with Crippen molar-refractivity contribution < 1.29 is 4.74 Å². The van der Waals surface area contributed by atoms with Crippen molar-refractivity contribution in [2.45, 2.75) is 19.4 Å². The van der Waals surface area contributed by atoms with E-state index in [-0.39, 0.29) is 6.04 Å². The van der Waals surface area contributed by atoms with Crippen LogP contribution >= 0.6 is 27.5 Å². The van der Waals surface area contributed by atoms with Crippen LogP contribution in [-0.4, -0.2) is 7.11 Å². The van der Waals surface area contributed by atoms with Crippen LogP contribution in [0.5, 0.6) is 5.75 Å². The molecule has 0 heterocycles. The molecule has 2 N–H and O–H groups in total. The summed E-state index contributed by atoms with van der Waals surface area (Å²) >= 11 is 9.55. The van der Waals surface area contributed by atoms with Gasteiger partial charge in [0, 0.05) is 21.1 Å². The normalized spacial score (nSPS) is 12.2. The fraction of sp³-hybridized carbons (Fsp3) is 0.250. The predicted octanol–water partition coefficient (Wildman–Crippen LogP) is 4.66. The van der Waals surface area contributed by atoms with Crippen molar-refractivity contribution in [2.75, 3.05) is 7.11 Å². The van der Waals surface area contributed by atoms with Crippen molar-refractivity contribution in [1.82, 2.24) is 0 Å². The first kappa shape index (κ1) is 15.4. The molecule has 0 saturated carbocycles. The number of rotatable bonds is 4. The van der Waals surface area contributed by atoms with E-state index in [4.69, 9.17) is 22.1 Å². The Morgan fingerprint density at radius 2 is 2.05 bits per heavy atom. The summed E-state index contributed by atoms with van der Waals surface area (Å²) in [6, 6.07) is 11.7. The monoisotopic (exact) mass is 353 g/mol. The van der Waals surface area contributed by atoms with Crippen LogP contribution < -0.4 is 10.5 Å². The molecule has 4 heteroatoms. The lowest BCUT2D eigenvalue weighted by Gasteiger charge is -2.17. The highest BCUT2D eigenvalue weighted by molar-refractivity contribution is 9.10. The lowest BCUT2D eigenvalue weighted by Crippen LogP contribution is -2.14. The van der Waals surface area contributed by atoms with Gasteiger partial charge in [-0.15, -0.1) is 0 Å². The number of hydrogen-bond acceptors (Lipinski definition) is 2. The average molecular weight is 355 g/mol. The third-order valence-electron chi connectivity index (χ3n) is 3.26. The summed E-state index contributed by atoms with van der Waals surface area (Å²) in [5.74, 6) is 0.820. The summed E-state index contributed by atoms with van der Waals surface area (Å²) < 4.78 is 6.47. The van der Waals surface area contributed by atoms with Crippen LogP contribution in [0.1, 0.15) is 22.7 Å². The van der Waals surface area contributed by atoms with E-state index in [0.29, 0.717) is 6.42 Å². The Bertz CT molecular complexity index is 615. The largest absolute Gasteiger partial charge is 0.496 e. The van der Waals surface area contributed by atoms with Gasteiger partial charge in [-0.25, -0.2) is 0 Å². The zero-order valence-corrected chi connectivity index (χ0v) is 13.8. The van der Waals surface area contributed by atoms with Crippen LogP contribution in [0.15, 0.2) is 40.9 Å². The van der Waals surface area contributed by atoms with Crippen molar-refractivity contribution >= 4 is 27.5 Å². The number of nitrogens with two attached hydrogens (primary N) is 1. The van der Waals surface area contributed by atoms with Gasteiger partial charge in [0.05, 0.1) is 7.11 Å². The maximum atomic E-state index is 6.33. The number of methoxy groups -OCH3 is 1. The van der Waals surface area contributed by atoms with Gasteiger partial charge in [-0.2, -0.15) is 0 Å². The molecule has 0 fully saturated rings. The fourth-order valence-corrected chi connectivity index (χ4v) is 2.74. The lowest BCUT2D eigenvalue weighted by atomic mass is 9.98. The van der Waals surface area contributed by atoms with Gasteiger partial charge in [0.1, 0.15) is 5.75 Å². The number of halogens is 2. The van der Waals surface area contributed by atoms with E-state index in [1.807, 2.05) is 43.3 Å². The highest BCUT2D eigenvalue weighted by Crippen LogP contribution is 2.32. The molecular weight excluding hydrogens is 338 g/mol. The fourth-order valence-electron chi connectivity index (χ4n) is 2.16. The minimum absolute atomic E-state index is 0.139. The SMILES string of the molecule is COc1cc(C)c(Br)cc1C(N)Cc1cccc(Cl)c1. The summed E-state index contributed by atoms with van der Waals surface area (Å²) in [5.41, 5.74) is 9.56. The zero-order chi connectivity index (χ0) is 14.7. The quantitative estimate of drug-likeness (QED) is 0.866. The molecule has 0 aliphatic rings. The summed E-state index contributed by atoms with van der Waals surface area (Å²) in [7, 11) is 1.66. The van der Waals surface area contributed by atoms with Crippen LogP contribution in [0.3, 0.4) is 0 Å². The van der Waals surface area contributed by atoms with Gasteiger partial charge in [-0.3, -0.25) is 0 Å². The molecule has 0 bridgehead atoms. The van der Waals surface area contributed by atoms with Crippen LogP contribution in [0, 0.1) is 6.92 Å². The first-order valence-electron chi connectivity index (χ1n) is 6.35. The van der Waals surface area contributed by atoms with Crippen LogP contribution in [0.2, 0.25) is 5.02 Å². The summed E-state index contributed by atoms with van der Waals surface area (Å²) in [6.45, 7) is 2.03. The molecule has 106 valence electrons. The minimum Gasteiger partial charge on any atom is -0.496 e. The van der Waals surface area contributed by atoms with Crippen LogP contribution in [0.4, 0.5) is 0 Å². The number of aryl methyl sites for hydroxylation is 1. The lowest BCUT2D eigenvalue weighted by molar-refractivity contribution is 0.405. The van der Waals surface area contributed by atoms with Crippen molar-refractivity contribution in [3.63, 3.8) is 0 Å². The van der Waals surface area contributed by atoms with Gasteiger partial charge >= 0.3 is 0 Å². The zero-order valence-electron chi connectivity index (χ0n) is 11.5. The van der Waals surface area contributed by atoms with Gasteiger partial charge in [0.25, 0.3) is 0 Å². The molecule has 0 radical (unpaired) electrons. The number of hydrogen-bond donors (Lipinski definition) is 1. The molecule has 0 aliphatic carbocycles. The van der Waals surface area contributed by atoms with Gasteiger partial charge in [-0.1, -0.05) is 39.7 Å². The van der Waals surface area contributed by atoms with Gasteiger partial charge < -0.3 is 10.5 Å². The van der Waals surface area contributed by atoms with Crippen LogP contribution in [0.25, 0.3) is 0 Å². The second-order valence-corrected chi connectivity index (χ2v) is 6.07. The predicted molar refractivity (Wildman–Crippen MR) is 87.5 cm³/mol. The summed E-state index contributed by atoms with van der Waals surface area (Å²) in [6.07, 6.45) is 0.715. The van der Waals surface area contributed by atoms with E-state index in [1.165, 1.54) is 0 Å². The minimum atomic E-state index is -0.139. The molecule has 0 spiro atoms. The third-order valence-corrected chi connectivity index (χ3v) is 4.34. The van der Waals surface area contributed by atoms with Gasteiger partial charge in [0.15, 0.2) is 0 Å².